The summed E-state index contributed by atoms with van der Waals surface area (Å²) in [6.07, 6.45) is 3.39. The van der Waals surface area contributed by atoms with Crippen molar-refractivity contribution in [2.24, 2.45) is 0 Å². The van der Waals surface area contributed by atoms with E-state index in [1.165, 1.54) is 0 Å². The Bertz CT molecular complexity index is 1730. The molecular weight excluding hydrogens is 538 g/mol. The minimum Gasteiger partial charge on any atom is -0.501 e. The standard InChI is InChI=1S/C35H35N5O3/c1-3-42-22-17-27-13-10-16-30(23-27)31-24-32(40-34(36-31)33(26(2)37-40)29-14-8-5-9-15-29)38-18-20-39(21-19-38)35(41)43-25-28-11-6-4-7-12-28/h4-17,22-24H,3,18-21,25H2,1-2H3. The van der Waals surface area contributed by atoms with Crippen LogP contribution in [0.15, 0.2) is 97.3 Å². The lowest BCUT2D eigenvalue weighted by Gasteiger charge is -2.35. The van der Waals surface area contributed by atoms with Crippen molar-refractivity contribution >= 4 is 23.6 Å². The molecule has 0 N–H and O–H groups in total. The number of carbonyl (C=O) groups excluding carboxylic acids is 1. The van der Waals surface area contributed by atoms with E-state index < -0.39 is 0 Å². The zero-order chi connectivity index (χ0) is 29.6. The van der Waals surface area contributed by atoms with Crippen molar-refractivity contribution in [1.82, 2.24) is 19.5 Å². The quantitative estimate of drug-likeness (QED) is 0.189. The maximum absolute atomic E-state index is 12.8. The van der Waals surface area contributed by atoms with E-state index in [0.29, 0.717) is 32.8 Å². The number of hydrogen-bond acceptors (Lipinski definition) is 6. The highest BCUT2D eigenvalue weighted by molar-refractivity contribution is 5.83. The first kappa shape index (κ1) is 28.0. The molecule has 0 unspecified atom stereocenters. The van der Waals surface area contributed by atoms with Crippen LogP contribution in [0.3, 0.4) is 0 Å². The lowest BCUT2D eigenvalue weighted by Crippen LogP contribution is -2.49. The molecule has 1 fully saturated rings. The van der Waals surface area contributed by atoms with Gasteiger partial charge in [-0.3, -0.25) is 0 Å². The zero-order valence-corrected chi connectivity index (χ0v) is 24.5. The van der Waals surface area contributed by atoms with Crippen molar-refractivity contribution in [2.45, 2.75) is 20.5 Å². The van der Waals surface area contributed by atoms with Crippen LogP contribution >= 0.6 is 0 Å². The Hall–Kier alpha value is -5.11. The van der Waals surface area contributed by atoms with Crippen LogP contribution in [0.4, 0.5) is 10.6 Å². The first-order chi connectivity index (χ1) is 21.1. The first-order valence-corrected chi connectivity index (χ1v) is 14.7. The Morgan fingerprint density at radius 1 is 0.884 bits per heavy atom. The molecule has 0 spiro atoms. The van der Waals surface area contributed by atoms with E-state index >= 15 is 0 Å². The van der Waals surface area contributed by atoms with Crippen LogP contribution < -0.4 is 4.90 Å². The summed E-state index contributed by atoms with van der Waals surface area (Å²) in [6, 6.07) is 30.4. The predicted octanol–water partition coefficient (Wildman–Crippen LogP) is 6.84. The molecule has 43 heavy (non-hydrogen) atoms. The third kappa shape index (κ3) is 6.23. The van der Waals surface area contributed by atoms with Gasteiger partial charge in [-0.15, -0.1) is 0 Å². The molecule has 8 nitrogen and oxygen atoms in total. The number of benzene rings is 3. The molecule has 0 aliphatic carbocycles. The predicted molar refractivity (Wildman–Crippen MR) is 170 cm³/mol. The van der Waals surface area contributed by atoms with Gasteiger partial charge in [0.05, 0.1) is 24.3 Å². The lowest BCUT2D eigenvalue weighted by atomic mass is 10.1. The topological polar surface area (TPSA) is 72.2 Å². The number of nitrogens with zero attached hydrogens (tertiary/aromatic N) is 5. The van der Waals surface area contributed by atoms with Crippen molar-refractivity contribution in [3.05, 3.63) is 114 Å². The van der Waals surface area contributed by atoms with Gasteiger partial charge in [-0.25, -0.2) is 9.78 Å². The van der Waals surface area contributed by atoms with Crippen LogP contribution in [-0.4, -0.2) is 58.4 Å². The summed E-state index contributed by atoms with van der Waals surface area (Å²) in [4.78, 5) is 22.1. The molecule has 0 bridgehead atoms. The SMILES string of the molecule is CCOC=Cc1cccc(-c2cc(N3CCN(C(=O)OCc4ccccc4)CC3)n3nc(C)c(-c4ccccc4)c3n2)c1. The number of hydrogen-bond donors (Lipinski definition) is 0. The van der Waals surface area contributed by atoms with Gasteiger partial charge in [-0.05, 0) is 42.7 Å². The van der Waals surface area contributed by atoms with Crippen LogP contribution in [0.25, 0.3) is 34.1 Å². The molecule has 3 heterocycles. The van der Waals surface area contributed by atoms with Gasteiger partial charge in [-0.2, -0.15) is 9.61 Å². The molecule has 0 atom stereocenters. The van der Waals surface area contributed by atoms with Crippen molar-refractivity contribution in [3.63, 3.8) is 0 Å². The van der Waals surface area contributed by atoms with Crippen molar-refractivity contribution < 1.29 is 14.3 Å². The van der Waals surface area contributed by atoms with Crippen LogP contribution in [0.2, 0.25) is 0 Å². The molecular formula is C35H35N5O3. The fourth-order valence-corrected chi connectivity index (χ4v) is 5.38. The van der Waals surface area contributed by atoms with Gasteiger partial charge in [0.2, 0.25) is 0 Å². The van der Waals surface area contributed by atoms with Gasteiger partial charge >= 0.3 is 6.09 Å². The molecule has 5 aromatic rings. The van der Waals surface area contributed by atoms with E-state index in [0.717, 1.165) is 50.7 Å². The molecule has 6 rings (SSSR count). The highest BCUT2D eigenvalue weighted by Gasteiger charge is 2.26. The van der Waals surface area contributed by atoms with Gasteiger partial charge in [0.15, 0.2) is 5.65 Å². The van der Waals surface area contributed by atoms with Crippen molar-refractivity contribution in [3.8, 4) is 22.4 Å². The molecule has 2 aromatic heterocycles. The number of ether oxygens (including phenoxy) is 2. The molecule has 218 valence electrons. The number of aromatic nitrogens is 3. The summed E-state index contributed by atoms with van der Waals surface area (Å²) in [5.41, 5.74) is 7.67. The second-order valence-corrected chi connectivity index (χ2v) is 10.5. The van der Waals surface area contributed by atoms with E-state index in [4.69, 9.17) is 19.6 Å². The number of fused-ring (bicyclic) bond motifs is 1. The van der Waals surface area contributed by atoms with Gasteiger partial charge in [0.25, 0.3) is 0 Å². The van der Waals surface area contributed by atoms with E-state index in [1.807, 2.05) is 85.1 Å². The molecule has 1 aliphatic rings. The first-order valence-electron chi connectivity index (χ1n) is 14.7. The van der Waals surface area contributed by atoms with Gasteiger partial charge in [-0.1, -0.05) is 78.9 Å². The lowest BCUT2D eigenvalue weighted by molar-refractivity contribution is 0.0941. The Balaban J connectivity index is 1.32. The Kier molecular flexibility index (Phi) is 8.35. The summed E-state index contributed by atoms with van der Waals surface area (Å²) < 4.78 is 13.0. The Morgan fingerprint density at radius 2 is 1.60 bits per heavy atom. The van der Waals surface area contributed by atoms with Gasteiger partial charge < -0.3 is 19.3 Å². The van der Waals surface area contributed by atoms with Crippen LogP contribution in [0.1, 0.15) is 23.7 Å². The van der Waals surface area contributed by atoms with Gasteiger partial charge in [0, 0.05) is 43.4 Å². The summed E-state index contributed by atoms with van der Waals surface area (Å²) in [5, 5.41) is 4.96. The van der Waals surface area contributed by atoms with E-state index in [2.05, 4.69) is 35.2 Å². The summed E-state index contributed by atoms with van der Waals surface area (Å²) >= 11 is 0. The van der Waals surface area contributed by atoms with Crippen LogP contribution in [0, 0.1) is 6.92 Å². The fourth-order valence-electron chi connectivity index (χ4n) is 5.38. The highest BCUT2D eigenvalue weighted by atomic mass is 16.6. The number of piperazine rings is 1. The third-order valence-corrected chi connectivity index (χ3v) is 7.58. The maximum Gasteiger partial charge on any atom is 0.410 e. The fraction of sp³-hybridized carbons (Fsp3) is 0.229. The van der Waals surface area contributed by atoms with Crippen LogP contribution in [-0.2, 0) is 16.1 Å². The van der Waals surface area contributed by atoms with Crippen LogP contribution in [0.5, 0.6) is 0 Å². The molecule has 3 aromatic carbocycles. The number of anilines is 1. The average molecular weight is 574 g/mol. The summed E-state index contributed by atoms with van der Waals surface area (Å²) in [6.45, 7) is 7.28. The highest BCUT2D eigenvalue weighted by Crippen LogP contribution is 2.33. The minimum absolute atomic E-state index is 0.266. The van der Waals surface area contributed by atoms with Crippen molar-refractivity contribution in [1.29, 1.82) is 0 Å². The Labute approximate surface area is 251 Å². The monoisotopic (exact) mass is 573 g/mol. The van der Waals surface area contributed by atoms with E-state index in [1.54, 1.807) is 11.2 Å². The Morgan fingerprint density at radius 3 is 2.35 bits per heavy atom. The van der Waals surface area contributed by atoms with Crippen molar-refractivity contribution in [2.75, 3.05) is 37.7 Å². The molecule has 1 aliphatic heterocycles. The maximum atomic E-state index is 12.8. The summed E-state index contributed by atoms with van der Waals surface area (Å²) in [5.74, 6) is 0.942. The number of carbonyl (C=O) groups is 1. The third-order valence-electron chi connectivity index (χ3n) is 7.58. The zero-order valence-electron chi connectivity index (χ0n) is 24.5. The summed E-state index contributed by atoms with van der Waals surface area (Å²) in [7, 11) is 0. The van der Waals surface area contributed by atoms with E-state index in [-0.39, 0.29) is 12.7 Å². The molecule has 1 saturated heterocycles. The molecule has 1 amide bonds. The molecule has 8 heteroatoms. The number of aryl methyl sites for hydroxylation is 1. The largest absolute Gasteiger partial charge is 0.501 e. The minimum atomic E-state index is -0.290. The van der Waals surface area contributed by atoms with Gasteiger partial charge in [0.1, 0.15) is 12.4 Å². The normalized spacial score (nSPS) is 13.5. The smallest absolute Gasteiger partial charge is 0.410 e. The number of amides is 1. The second-order valence-electron chi connectivity index (χ2n) is 10.5. The average Bonchev–Trinajstić information content (AvgIpc) is 3.40. The van der Waals surface area contributed by atoms with E-state index in [9.17, 15) is 4.79 Å². The number of rotatable bonds is 8. The molecule has 0 saturated carbocycles. The second kappa shape index (κ2) is 12.8. The molecule has 0 radical (unpaired) electrons.